The van der Waals surface area contributed by atoms with Gasteiger partial charge in [0.2, 0.25) is 5.91 Å². The molecule has 358 valence electrons. The lowest BCUT2D eigenvalue weighted by molar-refractivity contribution is -0.129. The molecule has 21 heteroatoms. The number of amides is 5. The standard InChI is InChI=1S/C47H51F2N9O9S/c1-5-66-39-22-30(8-13-38(39)65-3)37(27-68(4,63)64)58-44(60)34-24-41(50-25-35(34)45(58)61)56-20-18-55(19-21-56)40-14-16-54(28-47(40,48)49)26-29-6-9-31(10-7-29)67-32-11-12-33-36(23-32)53(2)52-43(33)57-17-15-42(59)51-46(57)62/h6-13,22-25,37,40H,5,14-21,26-28H2,1-4H3,(H,51,59,62)/t37-,40+/m1/s1. The number of urea groups is 1. The average molecular weight is 956 g/mol. The zero-order valence-corrected chi connectivity index (χ0v) is 38.8. The van der Waals surface area contributed by atoms with E-state index in [4.69, 9.17) is 14.2 Å². The molecule has 1 N–H and O–H groups in total. The molecule has 0 saturated carbocycles. The highest BCUT2D eigenvalue weighted by Crippen LogP contribution is 2.39. The summed E-state index contributed by atoms with van der Waals surface area (Å²) in [7, 11) is -0.462. The number of alkyl halides is 2. The number of fused-ring (bicyclic) bond motifs is 2. The molecule has 3 fully saturated rings. The molecule has 0 spiro atoms. The van der Waals surface area contributed by atoms with Crippen LogP contribution >= 0.6 is 0 Å². The van der Waals surface area contributed by atoms with Gasteiger partial charge in [-0.15, -0.1) is 0 Å². The Bertz CT molecular complexity index is 2910. The molecule has 9 rings (SSSR count). The number of likely N-dealkylation sites (tertiary alicyclic amines) is 1. The number of aryl methyl sites for hydroxylation is 1. The van der Waals surface area contributed by atoms with Gasteiger partial charge in [-0.25, -0.2) is 27.0 Å². The highest BCUT2D eigenvalue weighted by molar-refractivity contribution is 7.90. The zero-order chi connectivity index (χ0) is 48.1. The van der Waals surface area contributed by atoms with Crippen LogP contribution in [0.2, 0.25) is 0 Å². The van der Waals surface area contributed by atoms with Gasteiger partial charge in [0.1, 0.15) is 27.2 Å². The maximum absolute atomic E-state index is 16.0. The number of halogens is 2. The van der Waals surface area contributed by atoms with Gasteiger partial charge in [-0.3, -0.25) is 44.0 Å². The van der Waals surface area contributed by atoms with Crippen LogP contribution in [0.4, 0.5) is 25.2 Å². The first-order valence-corrected chi connectivity index (χ1v) is 24.4. The molecule has 5 aromatic rings. The summed E-state index contributed by atoms with van der Waals surface area (Å²) in [5.41, 5.74) is 2.10. The number of benzene rings is 3. The Morgan fingerprint density at radius 1 is 0.882 bits per heavy atom. The second-order valence-corrected chi connectivity index (χ2v) is 19.6. The number of nitrogens with zero attached hydrogens (tertiary/aromatic N) is 8. The highest BCUT2D eigenvalue weighted by Gasteiger charge is 2.48. The summed E-state index contributed by atoms with van der Waals surface area (Å²) in [5.74, 6) is -2.44. The number of carbonyl (C=O) groups is 4. The summed E-state index contributed by atoms with van der Waals surface area (Å²) in [5, 5.41) is 7.57. The Balaban J connectivity index is 0.796. The van der Waals surface area contributed by atoms with Gasteiger partial charge in [-0.2, -0.15) is 5.10 Å². The van der Waals surface area contributed by atoms with Crippen LogP contribution in [-0.4, -0.2) is 145 Å². The number of piperidine rings is 1. The van der Waals surface area contributed by atoms with Crippen molar-refractivity contribution in [3.8, 4) is 23.0 Å². The van der Waals surface area contributed by atoms with Gasteiger partial charge in [0.05, 0.1) is 54.7 Å². The second-order valence-electron chi connectivity index (χ2n) is 17.4. The van der Waals surface area contributed by atoms with Crippen LogP contribution in [0, 0.1) is 0 Å². The fraction of sp³-hybridized carbons (Fsp3) is 0.404. The third-order valence-electron chi connectivity index (χ3n) is 12.8. The number of ether oxygens (including phenoxy) is 3. The molecule has 2 aromatic heterocycles. The van der Waals surface area contributed by atoms with E-state index in [1.54, 1.807) is 60.0 Å². The maximum Gasteiger partial charge on any atom is 0.329 e. The van der Waals surface area contributed by atoms with Crippen molar-refractivity contribution in [1.29, 1.82) is 0 Å². The monoisotopic (exact) mass is 955 g/mol. The van der Waals surface area contributed by atoms with Gasteiger partial charge in [0.25, 0.3) is 17.7 Å². The second kappa shape index (κ2) is 18.4. The van der Waals surface area contributed by atoms with Crippen molar-refractivity contribution in [3.63, 3.8) is 0 Å². The molecule has 68 heavy (non-hydrogen) atoms. The van der Waals surface area contributed by atoms with Gasteiger partial charge >= 0.3 is 6.03 Å². The van der Waals surface area contributed by atoms with Gasteiger partial charge in [0.15, 0.2) is 17.3 Å². The van der Waals surface area contributed by atoms with Crippen molar-refractivity contribution >= 4 is 56.1 Å². The first kappa shape index (κ1) is 46.4. The van der Waals surface area contributed by atoms with Gasteiger partial charge < -0.3 is 19.1 Å². The maximum atomic E-state index is 16.0. The number of hydrogen-bond acceptors (Lipinski definition) is 14. The Morgan fingerprint density at radius 2 is 1.62 bits per heavy atom. The molecule has 4 aliphatic heterocycles. The molecule has 18 nitrogen and oxygen atoms in total. The molecule has 2 atom stereocenters. The number of nitrogens with one attached hydrogen (secondary N) is 1. The van der Waals surface area contributed by atoms with E-state index in [9.17, 15) is 27.6 Å². The molecule has 0 unspecified atom stereocenters. The number of imide groups is 2. The highest BCUT2D eigenvalue weighted by atomic mass is 32.2. The van der Waals surface area contributed by atoms with E-state index in [1.165, 1.54) is 24.3 Å². The summed E-state index contributed by atoms with van der Waals surface area (Å²) in [6.45, 7) is 4.12. The minimum Gasteiger partial charge on any atom is -0.493 e. The van der Waals surface area contributed by atoms with E-state index in [1.807, 2.05) is 34.1 Å². The molecule has 5 amide bonds. The summed E-state index contributed by atoms with van der Waals surface area (Å²) >= 11 is 0. The number of methoxy groups -OCH3 is 1. The van der Waals surface area contributed by atoms with Crippen LogP contribution in [0.15, 0.2) is 72.9 Å². The molecule has 6 heterocycles. The third-order valence-corrected chi connectivity index (χ3v) is 13.8. The summed E-state index contributed by atoms with van der Waals surface area (Å²) in [4.78, 5) is 64.3. The SMILES string of the molecule is CCOc1cc([C@@H](CS(C)(=O)=O)N2C(=O)c3cnc(N4CCN([C@H]5CCN(Cc6ccc(Oc7ccc8c(N9CCC(=O)NC9=O)nn(C)c8c7)cc6)CC5(F)F)CC4)cc3C2=O)ccc1OC. The van der Waals surface area contributed by atoms with E-state index in [0.29, 0.717) is 86.1 Å². The quantitative estimate of drug-likeness (QED) is 0.146. The number of aromatic nitrogens is 3. The number of pyridine rings is 1. The molecule has 3 aromatic carbocycles. The Morgan fingerprint density at radius 3 is 2.31 bits per heavy atom. The van der Waals surface area contributed by atoms with Crippen LogP contribution in [0.1, 0.15) is 57.7 Å². The summed E-state index contributed by atoms with van der Waals surface area (Å²) < 4.78 is 76.1. The number of anilines is 2. The molecule has 3 saturated heterocycles. The van der Waals surface area contributed by atoms with Crippen LogP contribution in [0.3, 0.4) is 0 Å². The van der Waals surface area contributed by atoms with Crippen molar-refractivity contribution in [3.05, 3.63) is 95.2 Å². The molecular weight excluding hydrogens is 905 g/mol. The van der Waals surface area contributed by atoms with E-state index >= 15 is 8.78 Å². The minimum atomic E-state index is -3.69. The van der Waals surface area contributed by atoms with Gasteiger partial charge in [-0.05, 0) is 66.9 Å². The van der Waals surface area contributed by atoms with Crippen molar-refractivity contribution in [1.82, 2.24) is 34.8 Å². The first-order valence-electron chi connectivity index (χ1n) is 22.3. The number of sulfone groups is 1. The van der Waals surface area contributed by atoms with E-state index in [2.05, 4.69) is 15.4 Å². The van der Waals surface area contributed by atoms with Crippen LogP contribution in [-0.2, 0) is 28.2 Å². The van der Waals surface area contributed by atoms with Crippen LogP contribution in [0.25, 0.3) is 10.9 Å². The number of rotatable bonds is 14. The number of hydrogen-bond donors (Lipinski definition) is 1. The summed E-state index contributed by atoms with van der Waals surface area (Å²) in [6.07, 6.45) is 2.81. The number of piperazine rings is 1. The molecular formula is C47H51F2N9O9S. The predicted molar refractivity (Wildman–Crippen MR) is 246 cm³/mol. The van der Waals surface area contributed by atoms with Gasteiger partial charge in [-0.1, -0.05) is 18.2 Å². The lowest BCUT2D eigenvalue weighted by Gasteiger charge is -2.46. The van der Waals surface area contributed by atoms with E-state index < -0.39 is 58.0 Å². The first-order chi connectivity index (χ1) is 32.5. The molecule has 0 aliphatic carbocycles. The van der Waals surface area contributed by atoms with Crippen molar-refractivity contribution in [2.45, 2.75) is 44.3 Å². The van der Waals surface area contributed by atoms with Gasteiger partial charge in [0, 0.05) is 83.2 Å². The lowest BCUT2D eigenvalue weighted by atomic mass is 9.97. The normalized spacial score (nSPS) is 19.6. The Kier molecular flexibility index (Phi) is 12.6. The van der Waals surface area contributed by atoms with Crippen molar-refractivity contribution in [2.24, 2.45) is 7.05 Å². The fourth-order valence-corrected chi connectivity index (χ4v) is 10.4. The van der Waals surface area contributed by atoms with Crippen LogP contribution in [0.5, 0.6) is 23.0 Å². The zero-order valence-electron chi connectivity index (χ0n) is 38.0. The topological polar surface area (TPSA) is 189 Å². The Hall–Kier alpha value is -6.71. The smallest absolute Gasteiger partial charge is 0.329 e. The van der Waals surface area contributed by atoms with Crippen molar-refractivity contribution in [2.75, 3.05) is 81.3 Å². The van der Waals surface area contributed by atoms with E-state index in [-0.39, 0.29) is 36.4 Å². The number of carbonyl (C=O) groups excluding carboxylic acids is 4. The van der Waals surface area contributed by atoms with E-state index in [0.717, 1.165) is 27.6 Å². The van der Waals surface area contributed by atoms with Crippen LogP contribution < -0.4 is 29.3 Å². The predicted octanol–water partition coefficient (Wildman–Crippen LogP) is 5.03. The summed E-state index contributed by atoms with van der Waals surface area (Å²) in [6, 6.07) is 16.4. The molecule has 0 radical (unpaired) electrons. The third kappa shape index (κ3) is 9.29. The fourth-order valence-electron chi connectivity index (χ4n) is 9.53. The largest absolute Gasteiger partial charge is 0.493 e. The van der Waals surface area contributed by atoms with Crippen molar-refractivity contribution < 1.29 is 50.6 Å². The molecule has 4 aliphatic rings. The Labute approximate surface area is 391 Å². The average Bonchev–Trinajstić information content (AvgIpc) is 3.76. The lowest BCUT2D eigenvalue weighted by Crippen LogP contribution is -2.61. The minimum absolute atomic E-state index is 0.0486. The molecule has 0 bridgehead atoms.